The molecule has 0 unspecified atom stereocenters. The molecule has 0 aliphatic rings. The molecular weight excluding hydrogens is 527 g/mol. The summed E-state index contributed by atoms with van der Waals surface area (Å²) in [7, 11) is -4.07. The van der Waals surface area contributed by atoms with Crippen molar-refractivity contribution in [3.05, 3.63) is 95.2 Å². The molecule has 0 aliphatic heterocycles. The van der Waals surface area contributed by atoms with Crippen LogP contribution in [-0.4, -0.2) is 35.9 Å². The van der Waals surface area contributed by atoms with E-state index in [1.54, 1.807) is 6.92 Å². The maximum Gasteiger partial charge on any atom is 0.446 e. The first-order valence-corrected chi connectivity index (χ1v) is 13.3. The summed E-state index contributed by atoms with van der Waals surface area (Å²) in [5, 5.41) is 9.69. The highest BCUT2D eigenvalue weighted by Crippen LogP contribution is 2.37. The summed E-state index contributed by atoms with van der Waals surface area (Å²) in [6.07, 6.45) is 0.415. The first-order chi connectivity index (χ1) is 17.4. The minimum absolute atomic E-state index is 0.00469. The molecule has 1 aromatic heterocycles. The van der Waals surface area contributed by atoms with Gasteiger partial charge in [-0.15, -0.1) is 0 Å². The molecule has 0 fully saturated rings. The standard InChI is InChI=1S/C26H22F3NO5S2/c1-17-22-15-21(11-12-23(22)35-24(17)25(31)32)37(33,34)30(14-13-18-5-3-2-4-6-18)16-19-7-9-20(10-8-19)36-26(27,28)29/h2-12,15H,13-14,16H2,1H3,(H,31,32). The Bertz CT molecular complexity index is 1520. The molecule has 194 valence electrons. The number of benzene rings is 3. The molecule has 0 amide bonds. The van der Waals surface area contributed by atoms with Gasteiger partial charge in [-0.3, -0.25) is 0 Å². The summed E-state index contributed by atoms with van der Waals surface area (Å²) in [6.45, 7) is 1.60. The molecule has 0 atom stereocenters. The van der Waals surface area contributed by atoms with Gasteiger partial charge >= 0.3 is 11.5 Å². The van der Waals surface area contributed by atoms with Gasteiger partial charge in [-0.05, 0) is 66.6 Å². The number of sulfonamides is 1. The number of furan rings is 1. The topological polar surface area (TPSA) is 87.8 Å². The second-order valence-electron chi connectivity index (χ2n) is 8.29. The van der Waals surface area contributed by atoms with E-state index >= 15 is 0 Å². The molecule has 1 heterocycles. The molecule has 0 radical (unpaired) electrons. The largest absolute Gasteiger partial charge is 0.475 e. The van der Waals surface area contributed by atoms with Crippen LogP contribution in [0.25, 0.3) is 11.0 Å². The first kappa shape index (κ1) is 26.8. The second kappa shape index (κ2) is 10.6. The van der Waals surface area contributed by atoms with Crippen LogP contribution in [0.1, 0.15) is 27.2 Å². The Labute approximate surface area is 215 Å². The van der Waals surface area contributed by atoms with Crippen LogP contribution in [0, 0.1) is 6.92 Å². The molecular formula is C26H22F3NO5S2. The number of aryl methyl sites for hydroxylation is 1. The summed E-state index contributed by atoms with van der Waals surface area (Å²) in [5.74, 6) is -1.52. The number of hydrogen-bond acceptors (Lipinski definition) is 5. The van der Waals surface area contributed by atoms with E-state index in [9.17, 15) is 31.5 Å². The molecule has 3 aromatic carbocycles. The highest BCUT2D eigenvalue weighted by atomic mass is 32.2. The van der Waals surface area contributed by atoms with Gasteiger partial charge in [-0.25, -0.2) is 13.2 Å². The molecule has 1 N–H and O–H groups in total. The van der Waals surface area contributed by atoms with E-state index in [-0.39, 0.29) is 46.0 Å². The van der Waals surface area contributed by atoms with Gasteiger partial charge in [0.1, 0.15) is 5.58 Å². The fraction of sp³-hybridized carbons (Fsp3) is 0.192. The number of carboxylic acid groups (broad SMARTS) is 1. The number of carboxylic acids is 1. The van der Waals surface area contributed by atoms with Gasteiger partial charge in [0.15, 0.2) is 0 Å². The van der Waals surface area contributed by atoms with Crippen LogP contribution in [0.3, 0.4) is 0 Å². The van der Waals surface area contributed by atoms with Crippen molar-refractivity contribution >= 4 is 38.7 Å². The molecule has 0 spiro atoms. The number of nitrogens with zero attached hydrogens (tertiary/aromatic N) is 1. The number of rotatable bonds is 9. The third-order valence-electron chi connectivity index (χ3n) is 5.75. The summed E-state index contributed by atoms with van der Waals surface area (Å²) < 4.78 is 72.1. The summed E-state index contributed by atoms with van der Waals surface area (Å²) in [5.41, 5.74) is -2.41. The average Bonchev–Trinajstić information content (AvgIpc) is 3.18. The lowest BCUT2D eigenvalue weighted by atomic mass is 10.1. The molecule has 0 aliphatic carbocycles. The Balaban J connectivity index is 1.67. The van der Waals surface area contributed by atoms with E-state index < -0.39 is 21.5 Å². The van der Waals surface area contributed by atoms with Crippen LogP contribution in [0.2, 0.25) is 0 Å². The fourth-order valence-corrected chi connectivity index (χ4v) is 5.89. The number of aromatic carboxylic acids is 1. The van der Waals surface area contributed by atoms with E-state index in [1.807, 2.05) is 30.3 Å². The Kier molecular flexibility index (Phi) is 7.67. The molecule has 4 aromatic rings. The lowest BCUT2D eigenvalue weighted by molar-refractivity contribution is -0.0328. The number of alkyl halides is 3. The number of halogens is 3. The van der Waals surface area contributed by atoms with Gasteiger partial charge < -0.3 is 9.52 Å². The molecule has 4 rings (SSSR count). The van der Waals surface area contributed by atoms with Crippen molar-refractivity contribution in [2.75, 3.05) is 6.54 Å². The van der Waals surface area contributed by atoms with Gasteiger partial charge in [0.2, 0.25) is 15.8 Å². The third kappa shape index (κ3) is 6.35. The van der Waals surface area contributed by atoms with E-state index in [4.69, 9.17) is 4.42 Å². The molecule has 0 bridgehead atoms. The molecule has 0 saturated heterocycles. The average molecular weight is 550 g/mol. The van der Waals surface area contributed by atoms with E-state index in [1.165, 1.54) is 46.8 Å². The minimum Gasteiger partial charge on any atom is -0.475 e. The monoisotopic (exact) mass is 549 g/mol. The van der Waals surface area contributed by atoms with Gasteiger partial charge in [0.05, 0.1) is 4.90 Å². The quantitative estimate of drug-likeness (QED) is 0.240. The van der Waals surface area contributed by atoms with Crippen molar-refractivity contribution in [2.24, 2.45) is 0 Å². The minimum atomic E-state index is -4.42. The summed E-state index contributed by atoms with van der Waals surface area (Å²) >= 11 is -0.238. The highest BCUT2D eigenvalue weighted by molar-refractivity contribution is 8.00. The Morgan fingerprint density at radius 2 is 1.68 bits per heavy atom. The molecule has 0 saturated carbocycles. The number of hydrogen-bond donors (Lipinski definition) is 1. The van der Waals surface area contributed by atoms with Gasteiger partial charge in [-0.1, -0.05) is 42.5 Å². The van der Waals surface area contributed by atoms with Crippen molar-refractivity contribution in [2.45, 2.75) is 35.2 Å². The predicted molar refractivity (Wildman–Crippen MR) is 134 cm³/mol. The number of carbonyl (C=O) groups is 1. The number of thioether (sulfide) groups is 1. The summed E-state index contributed by atoms with van der Waals surface area (Å²) in [4.78, 5) is 11.4. The molecule has 37 heavy (non-hydrogen) atoms. The van der Waals surface area contributed by atoms with Crippen molar-refractivity contribution in [1.82, 2.24) is 4.31 Å². The van der Waals surface area contributed by atoms with Crippen LogP contribution in [0.4, 0.5) is 13.2 Å². The SMILES string of the molecule is Cc1c(C(=O)O)oc2ccc(S(=O)(=O)N(CCc3ccccc3)Cc3ccc(SC(F)(F)F)cc3)cc12. The second-order valence-corrected chi connectivity index (χ2v) is 11.4. The first-order valence-electron chi connectivity index (χ1n) is 11.1. The van der Waals surface area contributed by atoms with Crippen LogP contribution in [0.5, 0.6) is 0 Å². The predicted octanol–water partition coefficient (Wildman–Crippen LogP) is 6.48. The highest BCUT2D eigenvalue weighted by Gasteiger charge is 2.30. The zero-order valence-corrected chi connectivity index (χ0v) is 21.2. The number of fused-ring (bicyclic) bond motifs is 1. The van der Waals surface area contributed by atoms with E-state index in [2.05, 4.69) is 0 Å². The Morgan fingerprint density at radius 1 is 1.00 bits per heavy atom. The summed E-state index contributed by atoms with van der Waals surface area (Å²) in [6, 6.07) is 19.0. The molecule has 6 nitrogen and oxygen atoms in total. The zero-order chi connectivity index (χ0) is 26.8. The fourth-order valence-electron chi connectivity index (χ4n) is 3.90. The maximum absolute atomic E-state index is 13.7. The normalized spacial score (nSPS) is 12.4. The lowest BCUT2D eigenvalue weighted by Gasteiger charge is -2.23. The zero-order valence-electron chi connectivity index (χ0n) is 19.5. The van der Waals surface area contributed by atoms with Crippen LogP contribution in [0.15, 0.2) is 87.0 Å². The van der Waals surface area contributed by atoms with Crippen LogP contribution < -0.4 is 0 Å². The van der Waals surface area contributed by atoms with Crippen LogP contribution >= 0.6 is 11.8 Å². The Morgan fingerprint density at radius 3 is 2.30 bits per heavy atom. The Hall–Kier alpha value is -3.28. The smallest absolute Gasteiger partial charge is 0.446 e. The van der Waals surface area contributed by atoms with E-state index in [0.29, 0.717) is 22.9 Å². The van der Waals surface area contributed by atoms with Gasteiger partial charge in [-0.2, -0.15) is 17.5 Å². The maximum atomic E-state index is 13.7. The van der Waals surface area contributed by atoms with Gasteiger partial charge in [0, 0.05) is 28.9 Å². The van der Waals surface area contributed by atoms with Crippen molar-refractivity contribution in [3.63, 3.8) is 0 Å². The lowest BCUT2D eigenvalue weighted by Crippen LogP contribution is -2.32. The van der Waals surface area contributed by atoms with E-state index in [0.717, 1.165) is 5.56 Å². The van der Waals surface area contributed by atoms with Crippen molar-refractivity contribution < 1.29 is 35.9 Å². The van der Waals surface area contributed by atoms with Crippen LogP contribution in [-0.2, 0) is 23.0 Å². The van der Waals surface area contributed by atoms with Crippen molar-refractivity contribution in [1.29, 1.82) is 0 Å². The van der Waals surface area contributed by atoms with Gasteiger partial charge in [0.25, 0.3) is 0 Å². The van der Waals surface area contributed by atoms with Crippen molar-refractivity contribution in [3.8, 4) is 0 Å². The molecule has 11 heteroatoms. The third-order valence-corrected chi connectivity index (χ3v) is 8.33.